The molecule has 2 N–H and O–H groups in total. The van der Waals surface area contributed by atoms with E-state index in [9.17, 15) is 0 Å². The first kappa shape index (κ1) is 15.1. The zero-order valence-corrected chi connectivity index (χ0v) is 13.9. The van der Waals surface area contributed by atoms with Gasteiger partial charge < -0.3 is 10.6 Å². The summed E-state index contributed by atoms with van der Waals surface area (Å²) in [5.41, 5.74) is 9.40. The van der Waals surface area contributed by atoms with Gasteiger partial charge in [0.25, 0.3) is 0 Å². The van der Waals surface area contributed by atoms with Crippen molar-refractivity contribution >= 4 is 28.4 Å². The Bertz CT molecular complexity index is 1010. The molecule has 0 bridgehead atoms. The first-order valence-corrected chi connectivity index (χ1v) is 8.15. The number of nitrogen functional groups attached to an aromatic ring is 1. The van der Waals surface area contributed by atoms with Crippen LogP contribution in [0.25, 0.3) is 16.9 Å². The third-order valence-electron chi connectivity index (χ3n) is 4.07. The number of nitrogens with zero attached hydrogens (tertiary/aromatic N) is 5. The molecule has 0 radical (unpaired) electrons. The molecule has 2 aromatic heterocycles. The number of hydrogen-bond donors (Lipinski definition) is 1. The van der Waals surface area contributed by atoms with Gasteiger partial charge in [-0.3, -0.25) is 4.57 Å². The summed E-state index contributed by atoms with van der Waals surface area (Å²) in [5.74, 6) is 1.43. The molecule has 2 heterocycles. The van der Waals surface area contributed by atoms with Gasteiger partial charge in [0.15, 0.2) is 0 Å². The van der Waals surface area contributed by atoms with Crippen LogP contribution < -0.4 is 10.6 Å². The van der Waals surface area contributed by atoms with Gasteiger partial charge in [-0.15, -0.1) is 0 Å². The molecule has 0 aliphatic heterocycles. The number of rotatable bonds is 4. The van der Waals surface area contributed by atoms with Crippen molar-refractivity contribution in [2.45, 2.75) is 6.92 Å². The van der Waals surface area contributed by atoms with Crippen LogP contribution in [0.4, 0.5) is 17.3 Å². The Hall–Kier alpha value is -3.41. The second kappa shape index (κ2) is 6.24. The molecule has 0 amide bonds. The smallest absolute Gasteiger partial charge is 0.231 e. The molecule has 2 aromatic carbocycles. The summed E-state index contributed by atoms with van der Waals surface area (Å²) in [4.78, 5) is 15.7. The predicted octanol–water partition coefficient (Wildman–Crippen LogP) is 3.56. The third-order valence-corrected chi connectivity index (χ3v) is 4.07. The minimum absolute atomic E-state index is 0.656. The highest BCUT2D eigenvalue weighted by Gasteiger charge is 2.12. The van der Waals surface area contributed by atoms with E-state index in [0.29, 0.717) is 11.6 Å². The number of aromatic nitrogens is 4. The van der Waals surface area contributed by atoms with Crippen LogP contribution in [-0.4, -0.2) is 26.1 Å². The molecule has 0 unspecified atom stereocenters. The summed E-state index contributed by atoms with van der Waals surface area (Å²) in [7, 11) is 0. The van der Waals surface area contributed by atoms with Crippen LogP contribution in [0, 0.1) is 0 Å². The second-order valence-corrected chi connectivity index (χ2v) is 5.66. The van der Waals surface area contributed by atoms with E-state index < -0.39 is 0 Å². The first-order chi connectivity index (χ1) is 12.3. The lowest BCUT2D eigenvalue weighted by atomic mass is 10.3. The molecular weight excluding hydrogens is 312 g/mol. The van der Waals surface area contributed by atoms with Crippen molar-refractivity contribution in [2.75, 3.05) is 17.2 Å². The van der Waals surface area contributed by atoms with E-state index in [1.165, 1.54) is 0 Å². The number of anilines is 3. The average molecular weight is 330 g/mol. The van der Waals surface area contributed by atoms with E-state index in [1.54, 1.807) is 12.5 Å². The first-order valence-electron chi connectivity index (χ1n) is 8.15. The van der Waals surface area contributed by atoms with Gasteiger partial charge in [0.1, 0.15) is 12.1 Å². The Morgan fingerprint density at radius 2 is 1.88 bits per heavy atom. The number of fused-ring (bicyclic) bond motifs is 1. The zero-order chi connectivity index (χ0) is 17.2. The maximum absolute atomic E-state index is 5.84. The van der Waals surface area contributed by atoms with E-state index in [1.807, 2.05) is 47.0 Å². The third kappa shape index (κ3) is 2.78. The van der Waals surface area contributed by atoms with Crippen molar-refractivity contribution < 1.29 is 0 Å². The van der Waals surface area contributed by atoms with Crippen LogP contribution in [0.1, 0.15) is 6.92 Å². The summed E-state index contributed by atoms with van der Waals surface area (Å²) in [6.07, 6.45) is 3.53. The van der Waals surface area contributed by atoms with E-state index in [4.69, 9.17) is 10.7 Å². The Morgan fingerprint density at radius 1 is 1.04 bits per heavy atom. The van der Waals surface area contributed by atoms with Gasteiger partial charge in [-0.05, 0) is 43.3 Å². The molecule has 6 nitrogen and oxygen atoms in total. The number of nitrogens with two attached hydrogens (primary N) is 1. The second-order valence-electron chi connectivity index (χ2n) is 5.66. The molecule has 0 atom stereocenters. The maximum Gasteiger partial charge on any atom is 0.231 e. The van der Waals surface area contributed by atoms with Crippen LogP contribution in [-0.2, 0) is 0 Å². The van der Waals surface area contributed by atoms with Crippen LogP contribution in [0.2, 0.25) is 0 Å². The number of imidazole rings is 1. The molecule has 0 spiro atoms. The molecular formula is C19H18N6. The molecule has 124 valence electrons. The fourth-order valence-corrected chi connectivity index (χ4v) is 2.86. The predicted molar refractivity (Wildman–Crippen MR) is 100 cm³/mol. The lowest BCUT2D eigenvalue weighted by molar-refractivity contribution is 0.917. The van der Waals surface area contributed by atoms with Crippen molar-refractivity contribution in [1.82, 2.24) is 19.5 Å². The number of para-hydroxylation sites is 1. The fraction of sp³-hybridized carbons (Fsp3) is 0.105. The van der Waals surface area contributed by atoms with Crippen molar-refractivity contribution in [2.24, 2.45) is 0 Å². The fourth-order valence-electron chi connectivity index (χ4n) is 2.86. The Morgan fingerprint density at radius 3 is 2.68 bits per heavy atom. The number of benzene rings is 2. The minimum atomic E-state index is 0.656. The van der Waals surface area contributed by atoms with Gasteiger partial charge in [0, 0.05) is 24.1 Å². The van der Waals surface area contributed by atoms with Crippen molar-refractivity contribution in [1.29, 1.82) is 0 Å². The Labute approximate surface area is 145 Å². The Kier molecular flexibility index (Phi) is 3.78. The quantitative estimate of drug-likeness (QED) is 0.579. The van der Waals surface area contributed by atoms with Gasteiger partial charge >= 0.3 is 0 Å². The summed E-state index contributed by atoms with van der Waals surface area (Å²) in [5, 5.41) is 0. The van der Waals surface area contributed by atoms with E-state index in [-0.39, 0.29) is 0 Å². The summed E-state index contributed by atoms with van der Waals surface area (Å²) in [6, 6.07) is 17.7. The lowest BCUT2D eigenvalue weighted by Gasteiger charge is -2.21. The van der Waals surface area contributed by atoms with Gasteiger partial charge in [-0.2, -0.15) is 4.98 Å². The lowest BCUT2D eigenvalue weighted by Crippen LogP contribution is -2.19. The molecule has 25 heavy (non-hydrogen) atoms. The topological polar surface area (TPSA) is 72.9 Å². The molecule has 0 saturated carbocycles. The van der Waals surface area contributed by atoms with Crippen LogP contribution in [0.5, 0.6) is 0 Å². The Balaban J connectivity index is 1.78. The minimum Gasteiger partial charge on any atom is -0.399 e. The highest BCUT2D eigenvalue weighted by atomic mass is 15.3. The largest absolute Gasteiger partial charge is 0.399 e. The van der Waals surface area contributed by atoms with E-state index in [2.05, 4.69) is 33.9 Å². The molecule has 4 aromatic rings. The van der Waals surface area contributed by atoms with Gasteiger partial charge in [0.2, 0.25) is 5.95 Å². The van der Waals surface area contributed by atoms with Crippen molar-refractivity contribution in [3.63, 3.8) is 0 Å². The molecule has 0 fully saturated rings. The molecule has 0 aliphatic rings. The maximum atomic E-state index is 5.84. The van der Waals surface area contributed by atoms with E-state index >= 15 is 0 Å². The normalized spacial score (nSPS) is 10.9. The summed E-state index contributed by atoms with van der Waals surface area (Å²) in [6.45, 7) is 2.85. The standard InChI is InChI=1S/C19H18N6/c1-2-24(15-6-4-3-5-7-15)19-21-11-10-18(23-19)25-13-22-16-12-14(20)8-9-17(16)25/h3-13H,2,20H2,1H3. The SMILES string of the molecule is CCN(c1ccccc1)c1nccc(-n2cnc3cc(N)ccc32)n1. The average Bonchev–Trinajstić information content (AvgIpc) is 3.06. The molecule has 6 heteroatoms. The molecule has 0 aliphatic carbocycles. The van der Waals surface area contributed by atoms with Crippen molar-refractivity contribution in [3.8, 4) is 5.82 Å². The van der Waals surface area contributed by atoms with Gasteiger partial charge in [-0.25, -0.2) is 9.97 Å². The molecule has 4 rings (SSSR count). The summed E-state index contributed by atoms with van der Waals surface area (Å²) < 4.78 is 1.94. The van der Waals surface area contributed by atoms with Crippen LogP contribution in [0.15, 0.2) is 67.1 Å². The number of hydrogen-bond acceptors (Lipinski definition) is 5. The zero-order valence-electron chi connectivity index (χ0n) is 13.9. The van der Waals surface area contributed by atoms with Crippen LogP contribution in [0.3, 0.4) is 0 Å². The van der Waals surface area contributed by atoms with Gasteiger partial charge in [0.05, 0.1) is 11.0 Å². The van der Waals surface area contributed by atoms with Gasteiger partial charge in [-0.1, -0.05) is 18.2 Å². The highest BCUT2D eigenvalue weighted by molar-refractivity contribution is 5.80. The monoisotopic (exact) mass is 330 g/mol. The molecule has 0 saturated heterocycles. The highest BCUT2D eigenvalue weighted by Crippen LogP contribution is 2.23. The van der Waals surface area contributed by atoms with Crippen molar-refractivity contribution in [3.05, 3.63) is 67.1 Å². The summed E-state index contributed by atoms with van der Waals surface area (Å²) >= 11 is 0. The van der Waals surface area contributed by atoms with E-state index in [0.717, 1.165) is 29.1 Å². The van der Waals surface area contributed by atoms with Crippen LogP contribution >= 0.6 is 0 Å².